The highest BCUT2D eigenvalue weighted by Crippen LogP contribution is 2.41. The van der Waals surface area contributed by atoms with E-state index in [1.54, 1.807) is 0 Å². The Balaban J connectivity index is 2.67. The molecule has 5 nitrogen and oxygen atoms in total. The van der Waals surface area contributed by atoms with Crippen LogP contribution in [0.1, 0.15) is 5.56 Å². The third-order valence-electron chi connectivity index (χ3n) is 2.92. The zero-order valence-corrected chi connectivity index (χ0v) is 15.3. The van der Waals surface area contributed by atoms with E-state index in [9.17, 15) is 26.0 Å². The Morgan fingerprint density at radius 2 is 1.56 bits per heavy atom. The first-order valence-electron chi connectivity index (χ1n) is 5.89. The molecule has 25 heavy (non-hydrogen) atoms. The van der Waals surface area contributed by atoms with Gasteiger partial charge in [0.1, 0.15) is 16.4 Å². The predicted molar refractivity (Wildman–Crippen MR) is 85.7 cm³/mol. The fraction of sp³-hybridized carbons (Fsp3) is 0.182. The summed E-state index contributed by atoms with van der Waals surface area (Å²) < 4.78 is 72.4. The Hall–Kier alpha value is -0.940. The molecule has 0 aliphatic carbocycles. The maximum atomic E-state index is 13.5. The minimum atomic E-state index is -4.96. The SMILES string of the molecule is Nc1c(S(=O)(=O)C(F)(Cl)Cl)cnn1-c1c(Cl)cc(C(F)(F)F)cc1Cl. The van der Waals surface area contributed by atoms with Crippen molar-refractivity contribution >= 4 is 62.1 Å². The Morgan fingerprint density at radius 3 is 1.96 bits per heavy atom. The van der Waals surface area contributed by atoms with Crippen LogP contribution in [0.5, 0.6) is 0 Å². The molecule has 1 aromatic carbocycles. The number of alkyl halides is 6. The molecule has 0 saturated carbocycles. The van der Waals surface area contributed by atoms with E-state index in [-0.39, 0.29) is 5.69 Å². The molecule has 138 valence electrons. The Kier molecular flexibility index (Phi) is 5.17. The van der Waals surface area contributed by atoms with Crippen LogP contribution >= 0.6 is 46.4 Å². The van der Waals surface area contributed by atoms with E-state index < -0.39 is 46.3 Å². The molecular weight excluding hydrogens is 456 g/mol. The molecule has 0 amide bonds. The van der Waals surface area contributed by atoms with E-state index in [2.05, 4.69) is 5.10 Å². The molecule has 1 aromatic heterocycles. The van der Waals surface area contributed by atoms with Crippen LogP contribution in [0.15, 0.2) is 23.2 Å². The first-order valence-corrected chi connectivity index (χ1v) is 8.89. The van der Waals surface area contributed by atoms with E-state index in [0.717, 1.165) is 0 Å². The van der Waals surface area contributed by atoms with Crippen LogP contribution in [0.2, 0.25) is 10.0 Å². The molecule has 0 atom stereocenters. The fourth-order valence-corrected chi connectivity index (χ4v) is 3.73. The van der Waals surface area contributed by atoms with Crippen LogP contribution in [0.25, 0.3) is 5.69 Å². The van der Waals surface area contributed by atoms with Crippen molar-refractivity contribution in [3.63, 3.8) is 0 Å². The van der Waals surface area contributed by atoms with E-state index in [1.807, 2.05) is 0 Å². The van der Waals surface area contributed by atoms with Crippen molar-refractivity contribution in [3.05, 3.63) is 33.9 Å². The van der Waals surface area contributed by atoms with Gasteiger partial charge < -0.3 is 5.73 Å². The lowest BCUT2D eigenvalue weighted by molar-refractivity contribution is -0.137. The normalized spacial score (nSPS) is 13.3. The number of nitrogens with two attached hydrogens (primary N) is 1. The van der Waals surface area contributed by atoms with Gasteiger partial charge in [-0.15, -0.1) is 0 Å². The minimum absolute atomic E-state index is 0.344. The fourth-order valence-electron chi connectivity index (χ4n) is 1.78. The number of nitrogens with zero attached hydrogens (tertiary/aromatic N) is 2. The van der Waals surface area contributed by atoms with Crippen molar-refractivity contribution in [2.45, 2.75) is 15.0 Å². The number of benzene rings is 1. The molecule has 0 saturated heterocycles. The van der Waals surface area contributed by atoms with Crippen molar-refractivity contribution in [2.75, 3.05) is 5.73 Å². The van der Waals surface area contributed by atoms with Crippen molar-refractivity contribution in [1.29, 1.82) is 0 Å². The van der Waals surface area contributed by atoms with Crippen LogP contribution in [-0.4, -0.2) is 22.1 Å². The van der Waals surface area contributed by atoms with Crippen molar-refractivity contribution in [3.8, 4) is 5.69 Å². The number of hydrogen-bond acceptors (Lipinski definition) is 4. The van der Waals surface area contributed by atoms with E-state index in [4.69, 9.17) is 52.1 Å². The molecular formula is C11H5Cl4F4N3O2S. The van der Waals surface area contributed by atoms with Crippen molar-refractivity contribution < 1.29 is 26.0 Å². The lowest BCUT2D eigenvalue weighted by atomic mass is 10.2. The van der Waals surface area contributed by atoms with Gasteiger partial charge >= 0.3 is 10.1 Å². The van der Waals surface area contributed by atoms with Crippen LogP contribution in [0.3, 0.4) is 0 Å². The molecule has 1 heterocycles. The number of sulfone groups is 1. The van der Waals surface area contributed by atoms with E-state index >= 15 is 0 Å². The predicted octanol–water partition coefficient (Wildman–Crippen LogP) is 4.61. The van der Waals surface area contributed by atoms with Gasteiger partial charge in [-0.05, 0) is 35.3 Å². The van der Waals surface area contributed by atoms with Crippen LogP contribution < -0.4 is 5.73 Å². The third-order valence-corrected chi connectivity index (χ3v) is 6.22. The van der Waals surface area contributed by atoms with E-state index in [0.29, 0.717) is 23.0 Å². The highest BCUT2D eigenvalue weighted by atomic mass is 35.5. The topological polar surface area (TPSA) is 78.0 Å². The summed E-state index contributed by atoms with van der Waals surface area (Å²) in [5, 5.41) is 2.51. The second-order valence-electron chi connectivity index (χ2n) is 4.54. The van der Waals surface area contributed by atoms with Gasteiger partial charge in [0.25, 0.3) is 0 Å². The molecule has 0 radical (unpaired) electrons. The van der Waals surface area contributed by atoms with Gasteiger partial charge in [0.15, 0.2) is 0 Å². The number of nitrogen functional groups attached to an aromatic ring is 1. The Bertz CT molecular complexity index is 915. The standard InChI is InChI=1S/C11H5Cl4F4N3O2S/c12-5-1-4(10(16,17)18)2-6(13)8(5)22-9(20)7(3-21-22)25(23,24)11(14,15)19/h1-3H,20H2. The van der Waals surface area contributed by atoms with Crippen molar-refractivity contribution in [2.24, 2.45) is 0 Å². The molecule has 2 N–H and O–H groups in total. The number of aromatic nitrogens is 2. The average Bonchev–Trinajstić information content (AvgIpc) is 2.78. The van der Waals surface area contributed by atoms with Gasteiger partial charge in [0.2, 0.25) is 9.84 Å². The minimum Gasteiger partial charge on any atom is -0.382 e. The first kappa shape index (κ1) is 20.4. The van der Waals surface area contributed by atoms with Gasteiger partial charge in [-0.1, -0.05) is 23.2 Å². The summed E-state index contributed by atoms with van der Waals surface area (Å²) in [5.41, 5.74) is 4.09. The third kappa shape index (κ3) is 3.63. The summed E-state index contributed by atoms with van der Waals surface area (Å²) in [6.07, 6.45) is -4.12. The van der Waals surface area contributed by atoms with E-state index in [1.165, 1.54) is 0 Å². The second kappa shape index (κ2) is 6.34. The van der Waals surface area contributed by atoms with Crippen LogP contribution in [0, 0.1) is 0 Å². The molecule has 0 fully saturated rings. The Labute approximate surface area is 158 Å². The highest BCUT2D eigenvalue weighted by molar-refractivity contribution is 7.95. The number of anilines is 1. The van der Waals surface area contributed by atoms with Gasteiger partial charge in [-0.25, -0.2) is 13.1 Å². The maximum absolute atomic E-state index is 13.5. The number of rotatable bonds is 3. The zero-order chi connectivity index (χ0) is 19.4. The van der Waals surface area contributed by atoms with Gasteiger partial charge in [0.05, 0.1) is 21.8 Å². The van der Waals surface area contributed by atoms with Crippen LogP contribution in [-0.2, 0) is 16.0 Å². The highest BCUT2D eigenvalue weighted by Gasteiger charge is 2.44. The smallest absolute Gasteiger partial charge is 0.382 e. The second-order valence-corrected chi connectivity index (χ2v) is 9.05. The molecule has 0 aliphatic rings. The van der Waals surface area contributed by atoms with Crippen molar-refractivity contribution in [1.82, 2.24) is 9.78 Å². The number of halogens is 8. The monoisotopic (exact) mass is 459 g/mol. The Morgan fingerprint density at radius 1 is 1.08 bits per heavy atom. The lowest BCUT2D eigenvalue weighted by Gasteiger charge is -2.14. The largest absolute Gasteiger partial charge is 0.416 e. The van der Waals surface area contributed by atoms with Crippen LogP contribution in [0.4, 0.5) is 23.4 Å². The molecule has 0 unspecified atom stereocenters. The summed E-state index contributed by atoms with van der Waals surface area (Å²) >= 11 is 21.5. The molecule has 0 spiro atoms. The quantitative estimate of drug-likeness (QED) is 0.535. The average molecular weight is 461 g/mol. The number of hydrogen-bond donors (Lipinski definition) is 1. The summed E-state index contributed by atoms with van der Waals surface area (Å²) in [6, 6.07) is 1.08. The summed E-state index contributed by atoms with van der Waals surface area (Å²) in [6.45, 7) is 0. The van der Waals surface area contributed by atoms with Gasteiger partial charge in [-0.2, -0.15) is 22.7 Å². The molecule has 0 bridgehead atoms. The van der Waals surface area contributed by atoms with Gasteiger partial charge in [-0.3, -0.25) is 0 Å². The zero-order valence-electron chi connectivity index (χ0n) is 11.5. The first-order chi connectivity index (χ1) is 11.2. The molecule has 14 heteroatoms. The summed E-state index contributed by atoms with van der Waals surface area (Å²) in [5.74, 6) is -0.702. The maximum Gasteiger partial charge on any atom is 0.416 e. The molecule has 2 aromatic rings. The molecule has 0 aliphatic heterocycles. The summed E-state index contributed by atoms with van der Waals surface area (Å²) in [4.78, 5) is -0.896. The lowest BCUT2D eigenvalue weighted by Crippen LogP contribution is -2.21. The molecule has 2 rings (SSSR count). The van der Waals surface area contributed by atoms with Gasteiger partial charge in [0, 0.05) is 0 Å². The summed E-state index contributed by atoms with van der Waals surface area (Å²) in [7, 11) is -4.96.